The van der Waals surface area contributed by atoms with E-state index >= 15 is 0 Å². The van der Waals surface area contributed by atoms with Crippen LogP contribution in [0.1, 0.15) is 12.5 Å². The van der Waals surface area contributed by atoms with E-state index in [1.165, 1.54) is 12.1 Å². The Labute approximate surface area is 137 Å². The summed E-state index contributed by atoms with van der Waals surface area (Å²) in [5, 5.41) is 13.7. The number of rotatable bonds is 2. The fourth-order valence-electron chi connectivity index (χ4n) is 2.79. The summed E-state index contributed by atoms with van der Waals surface area (Å²) < 4.78 is 0. The first-order valence-electron chi connectivity index (χ1n) is 7.09. The number of carbonyl (C=O) groups excluding carboxylic acids is 1. The molecule has 1 aliphatic heterocycles. The maximum absolute atomic E-state index is 12.6. The highest BCUT2D eigenvalue weighted by Crippen LogP contribution is 2.33. The van der Waals surface area contributed by atoms with Gasteiger partial charge < -0.3 is 5.32 Å². The van der Waals surface area contributed by atoms with Gasteiger partial charge in [0, 0.05) is 23.5 Å². The first-order valence-corrected chi connectivity index (χ1v) is 7.47. The van der Waals surface area contributed by atoms with Gasteiger partial charge in [0.15, 0.2) is 0 Å². The molecule has 2 aromatic rings. The molecule has 118 valence electrons. The standard InChI is InChI=1S/C16H14ClN3O3/c1-10-8-11-4-2-3-5-14(11)19(10)16(21)18-12-6-7-13(17)15(9-12)20(22)23/h2-7,9-10H,8H2,1H3,(H,18,21)/t10-/m1/s1. The fourth-order valence-corrected chi connectivity index (χ4v) is 2.98. The zero-order valence-corrected chi connectivity index (χ0v) is 13.1. The first-order chi connectivity index (χ1) is 11.0. The van der Waals surface area contributed by atoms with Crippen LogP contribution in [0.25, 0.3) is 0 Å². The summed E-state index contributed by atoms with van der Waals surface area (Å²) in [6.45, 7) is 1.96. The van der Waals surface area contributed by atoms with Gasteiger partial charge in [-0.25, -0.2) is 4.79 Å². The molecule has 0 spiro atoms. The Morgan fingerprint density at radius 2 is 2.09 bits per heavy atom. The average molecular weight is 332 g/mol. The van der Waals surface area contributed by atoms with Crippen molar-refractivity contribution in [2.45, 2.75) is 19.4 Å². The van der Waals surface area contributed by atoms with Crippen molar-refractivity contribution in [3.63, 3.8) is 0 Å². The van der Waals surface area contributed by atoms with Crippen LogP contribution < -0.4 is 10.2 Å². The van der Waals surface area contributed by atoms with E-state index in [4.69, 9.17) is 11.6 Å². The molecule has 0 aromatic heterocycles. The lowest BCUT2D eigenvalue weighted by atomic mass is 10.1. The van der Waals surface area contributed by atoms with Crippen LogP contribution in [0.5, 0.6) is 0 Å². The van der Waals surface area contributed by atoms with Crippen LogP contribution >= 0.6 is 11.6 Å². The van der Waals surface area contributed by atoms with Crippen LogP contribution in [0.4, 0.5) is 21.9 Å². The van der Waals surface area contributed by atoms with Crippen molar-refractivity contribution in [3.8, 4) is 0 Å². The van der Waals surface area contributed by atoms with E-state index in [2.05, 4.69) is 5.32 Å². The number of nitrogens with one attached hydrogen (secondary N) is 1. The minimum atomic E-state index is -0.578. The molecule has 23 heavy (non-hydrogen) atoms. The van der Waals surface area contributed by atoms with Crippen molar-refractivity contribution in [2.75, 3.05) is 10.2 Å². The van der Waals surface area contributed by atoms with Crippen LogP contribution in [0.2, 0.25) is 5.02 Å². The predicted molar refractivity (Wildman–Crippen MR) is 89.2 cm³/mol. The lowest BCUT2D eigenvalue weighted by molar-refractivity contribution is -0.384. The number of carbonyl (C=O) groups is 1. The number of hydrogen-bond acceptors (Lipinski definition) is 3. The number of hydrogen-bond donors (Lipinski definition) is 1. The third-order valence-electron chi connectivity index (χ3n) is 3.82. The predicted octanol–water partition coefficient (Wildman–Crippen LogP) is 4.23. The highest BCUT2D eigenvalue weighted by atomic mass is 35.5. The Morgan fingerprint density at radius 3 is 2.83 bits per heavy atom. The molecule has 7 heteroatoms. The van der Waals surface area contributed by atoms with Crippen LogP contribution in [0.15, 0.2) is 42.5 Å². The van der Waals surface area contributed by atoms with Gasteiger partial charge in [-0.1, -0.05) is 29.8 Å². The molecule has 0 bridgehead atoms. The Bertz CT molecular complexity index is 794. The monoisotopic (exact) mass is 331 g/mol. The van der Waals surface area contributed by atoms with E-state index in [0.717, 1.165) is 17.7 Å². The maximum atomic E-state index is 12.6. The summed E-state index contributed by atoms with van der Waals surface area (Å²) in [4.78, 5) is 24.6. The zero-order valence-electron chi connectivity index (χ0n) is 12.3. The zero-order chi connectivity index (χ0) is 16.6. The summed E-state index contributed by atoms with van der Waals surface area (Å²) in [5.74, 6) is 0. The molecule has 0 aliphatic carbocycles. The molecule has 3 rings (SSSR count). The molecule has 0 saturated heterocycles. The van der Waals surface area contributed by atoms with Crippen molar-refractivity contribution < 1.29 is 9.72 Å². The second-order valence-electron chi connectivity index (χ2n) is 5.41. The normalized spacial score (nSPS) is 16.1. The van der Waals surface area contributed by atoms with Crippen molar-refractivity contribution in [3.05, 3.63) is 63.2 Å². The smallest absolute Gasteiger partial charge is 0.307 e. The molecule has 1 N–H and O–H groups in total. The van der Waals surface area contributed by atoms with E-state index in [0.29, 0.717) is 5.69 Å². The molecule has 2 aromatic carbocycles. The number of nitro groups is 1. The summed E-state index contributed by atoms with van der Waals surface area (Å²) in [5.41, 5.74) is 2.07. The summed E-state index contributed by atoms with van der Waals surface area (Å²) >= 11 is 5.78. The number of fused-ring (bicyclic) bond motifs is 1. The number of urea groups is 1. The summed E-state index contributed by atoms with van der Waals surface area (Å²) in [7, 11) is 0. The third kappa shape index (κ3) is 2.85. The number of para-hydroxylation sites is 1. The molecule has 1 heterocycles. The molecule has 0 unspecified atom stereocenters. The molecule has 0 fully saturated rings. The molecular formula is C16H14ClN3O3. The van der Waals surface area contributed by atoms with Crippen LogP contribution in [-0.2, 0) is 6.42 Å². The second-order valence-corrected chi connectivity index (χ2v) is 5.81. The Balaban J connectivity index is 1.85. The minimum absolute atomic E-state index is 0.0229. The van der Waals surface area contributed by atoms with Gasteiger partial charge in [-0.05, 0) is 37.1 Å². The molecule has 0 radical (unpaired) electrons. The van der Waals surface area contributed by atoms with Crippen LogP contribution in [0, 0.1) is 10.1 Å². The van der Waals surface area contributed by atoms with E-state index < -0.39 is 4.92 Å². The van der Waals surface area contributed by atoms with Gasteiger partial charge in [0.2, 0.25) is 0 Å². The summed E-state index contributed by atoms with van der Waals surface area (Å²) in [6.07, 6.45) is 0.782. The number of benzene rings is 2. The van der Waals surface area contributed by atoms with E-state index in [9.17, 15) is 14.9 Å². The van der Waals surface area contributed by atoms with Gasteiger partial charge in [0.25, 0.3) is 5.69 Å². The van der Waals surface area contributed by atoms with Gasteiger partial charge in [0.1, 0.15) is 5.02 Å². The quantitative estimate of drug-likeness (QED) is 0.660. The van der Waals surface area contributed by atoms with Crippen molar-refractivity contribution in [2.24, 2.45) is 0 Å². The van der Waals surface area contributed by atoms with E-state index in [1.807, 2.05) is 31.2 Å². The van der Waals surface area contributed by atoms with E-state index in [-0.39, 0.29) is 22.8 Å². The third-order valence-corrected chi connectivity index (χ3v) is 4.14. The highest BCUT2D eigenvalue weighted by molar-refractivity contribution is 6.32. The number of amides is 2. The van der Waals surface area contributed by atoms with Gasteiger partial charge >= 0.3 is 6.03 Å². The lowest BCUT2D eigenvalue weighted by Gasteiger charge is -2.23. The molecule has 1 aliphatic rings. The minimum Gasteiger partial charge on any atom is -0.307 e. The highest BCUT2D eigenvalue weighted by Gasteiger charge is 2.30. The Morgan fingerprint density at radius 1 is 1.35 bits per heavy atom. The van der Waals surface area contributed by atoms with Crippen molar-refractivity contribution >= 4 is 34.7 Å². The van der Waals surface area contributed by atoms with Crippen LogP contribution in [-0.4, -0.2) is 17.0 Å². The second kappa shape index (κ2) is 5.89. The molecular weight excluding hydrogens is 318 g/mol. The van der Waals surface area contributed by atoms with Crippen molar-refractivity contribution in [1.82, 2.24) is 0 Å². The van der Waals surface area contributed by atoms with Gasteiger partial charge in [-0.2, -0.15) is 0 Å². The summed E-state index contributed by atoms with van der Waals surface area (Å²) in [6, 6.07) is 11.6. The number of anilines is 2. The largest absolute Gasteiger partial charge is 0.326 e. The van der Waals surface area contributed by atoms with Crippen LogP contribution in [0.3, 0.4) is 0 Å². The molecule has 2 amide bonds. The van der Waals surface area contributed by atoms with Gasteiger partial charge in [-0.15, -0.1) is 0 Å². The van der Waals surface area contributed by atoms with E-state index in [1.54, 1.807) is 11.0 Å². The maximum Gasteiger partial charge on any atom is 0.326 e. The molecule has 6 nitrogen and oxygen atoms in total. The van der Waals surface area contributed by atoms with Gasteiger partial charge in [0.05, 0.1) is 4.92 Å². The average Bonchev–Trinajstić information content (AvgIpc) is 2.84. The number of nitrogens with zero attached hydrogens (tertiary/aromatic N) is 2. The number of halogens is 1. The lowest BCUT2D eigenvalue weighted by Crippen LogP contribution is -2.39. The van der Waals surface area contributed by atoms with Crippen molar-refractivity contribution in [1.29, 1.82) is 0 Å². The first kappa shape index (κ1) is 15.3. The van der Waals surface area contributed by atoms with Gasteiger partial charge in [-0.3, -0.25) is 15.0 Å². The topological polar surface area (TPSA) is 75.5 Å². The SMILES string of the molecule is C[C@@H]1Cc2ccccc2N1C(=O)Nc1ccc(Cl)c([N+](=O)[O-])c1. The Hall–Kier alpha value is -2.60. The Kier molecular flexibility index (Phi) is 3.92. The fraction of sp³-hybridized carbons (Fsp3) is 0.188. The number of nitro benzene ring substituents is 1. The molecule has 0 saturated carbocycles. The molecule has 1 atom stereocenters.